The van der Waals surface area contributed by atoms with Gasteiger partial charge in [0.25, 0.3) is 0 Å². The van der Waals surface area contributed by atoms with Crippen molar-refractivity contribution < 1.29 is 19.1 Å². The maximum atomic E-state index is 13.0. The van der Waals surface area contributed by atoms with Crippen LogP contribution in [0.1, 0.15) is 176 Å². The van der Waals surface area contributed by atoms with Gasteiger partial charge < -0.3 is 19.4 Å². The molecule has 3 aromatic heterocycles. The molecule has 8 heteroatoms. The zero-order valence-electron chi connectivity index (χ0n) is 34.7. The van der Waals surface area contributed by atoms with E-state index in [1.807, 2.05) is 13.8 Å². The number of rotatable bonds is 16. The second kappa shape index (κ2) is 18.4. The Kier molecular flexibility index (Phi) is 14.0. The molecule has 0 saturated carbocycles. The lowest BCUT2D eigenvalue weighted by Crippen LogP contribution is -2.07. The molecule has 0 amide bonds. The molecule has 2 atom stereocenters. The minimum absolute atomic E-state index is 0.207. The molecule has 0 aromatic carbocycles. The van der Waals surface area contributed by atoms with E-state index in [0.717, 1.165) is 107 Å². The van der Waals surface area contributed by atoms with Crippen LogP contribution in [0.4, 0.5) is 0 Å². The number of nitrogens with one attached hydrogen (secondary N) is 2. The highest BCUT2D eigenvalue weighted by Crippen LogP contribution is 2.44. The smallest absolute Gasteiger partial charge is 0.306 e. The van der Waals surface area contributed by atoms with Gasteiger partial charge in [-0.2, -0.15) is 0 Å². The van der Waals surface area contributed by atoms with Crippen molar-refractivity contribution in [3.63, 3.8) is 0 Å². The molecule has 2 aliphatic rings. The number of fused-ring (bicyclic) bond motifs is 8. The minimum Gasteiger partial charge on any atom is -0.466 e. The third kappa shape index (κ3) is 7.81. The summed E-state index contributed by atoms with van der Waals surface area (Å²) >= 11 is 0. The topological polar surface area (TPSA) is 110 Å². The van der Waals surface area contributed by atoms with E-state index in [9.17, 15) is 9.59 Å². The standard InChI is InChI=1S/C46H64N4O4/c1-11-27-28(12-2)38-26-40-30(14-4)32(16-6)44(49-40)36(22-24-42(52)54-20-10)46-34(18-8)33(17-7)45(50-46)35(21-23-41(51)53-19-9)43-31(15-5)29(13-3)39(48-43)25-37(27)47-38/h25-28,48-49H,11-24H2,1-10H3. The Balaban J connectivity index is 2.09. The molecule has 54 heavy (non-hydrogen) atoms. The number of hydrogen-bond acceptors (Lipinski definition) is 6. The first-order chi connectivity index (χ1) is 26.2. The van der Waals surface area contributed by atoms with Gasteiger partial charge in [0.05, 0.1) is 24.6 Å². The maximum absolute atomic E-state index is 13.0. The Bertz CT molecular complexity index is 1910. The number of hydrogen-bond donors (Lipinski definition) is 2. The zero-order chi connectivity index (χ0) is 39.1. The van der Waals surface area contributed by atoms with Crippen LogP contribution >= 0.6 is 0 Å². The van der Waals surface area contributed by atoms with E-state index in [4.69, 9.17) is 19.4 Å². The number of carbonyl (C=O) groups is 2. The van der Waals surface area contributed by atoms with Gasteiger partial charge >= 0.3 is 11.9 Å². The summed E-state index contributed by atoms with van der Waals surface area (Å²) < 4.78 is 10.9. The van der Waals surface area contributed by atoms with Gasteiger partial charge in [-0.1, -0.05) is 55.4 Å². The summed E-state index contributed by atoms with van der Waals surface area (Å²) in [5, 5.41) is 0. The molecule has 2 aliphatic heterocycles. The van der Waals surface area contributed by atoms with E-state index in [-0.39, 0.29) is 24.8 Å². The lowest BCUT2D eigenvalue weighted by atomic mass is 9.85. The molecule has 8 bridgehead atoms. The van der Waals surface area contributed by atoms with E-state index in [0.29, 0.717) is 37.9 Å². The summed E-state index contributed by atoms with van der Waals surface area (Å²) in [7, 11) is 0. The van der Waals surface area contributed by atoms with Crippen molar-refractivity contribution in [2.45, 2.75) is 158 Å². The zero-order valence-corrected chi connectivity index (χ0v) is 34.7. The third-order valence-corrected chi connectivity index (χ3v) is 11.7. The fraction of sp³-hybridized carbons (Fsp3) is 0.565. The number of aryl methyl sites for hydroxylation is 6. The van der Waals surface area contributed by atoms with E-state index in [2.05, 4.69) is 77.5 Å². The second-order valence-electron chi connectivity index (χ2n) is 14.5. The Morgan fingerprint density at radius 3 is 1.24 bits per heavy atom. The number of aromatic amines is 2. The summed E-state index contributed by atoms with van der Waals surface area (Å²) in [5.74, 6) is 0.197. The largest absolute Gasteiger partial charge is 0.466 e. The van der Waals surface area contributed by atoms with Crippen LogP contribution in [0.25, 0.3) is 33.2 Å². The predicted octanol–water partition coefficient (Wildman–Crippen LogP) is 11.0. The average Bonchev–Trinajstić information content (AvgIpc) is 3.91. The third-order valence-electron chi connectivity index (χ3n) is 11.7. The lowest BCUT2D eigenvalue weighted by molar-refractivity contribution is -0.144. The molecule has 2 N–H and O–H groups in total. The molecule has 8 nitrogen and oxygen atoms in total. The highest BCUT2D eigenvalue weighted by Gasteiger charge is 2.31. The van der Waals surface area contributed by atoms with Gasteiger partial charge in [0.1, 0.15) is 0 Å². The number of carbonyl (C=O) groups excluding carboxylic acids is 2. The number of aromatic nitrogens is 4. The molecule has 3 aromatic rings. The summed E-state index contributed by atoms with van der Waals surface area (Å²) in [4.78, 5) is 45.0. The first kappa shape index (κ1) is 41.0. The lowest BCUT2D eigenvalue weighted by Gasteiger charge is -2.16. The van der Waals surface area contributed by atoms with Gasteiger partial charge in [-0.05, 0) is 124 Å². The number of H-pyrrole nitrogens is 2. The van der Waals surface area contributed by atoms with E-state index < -0.39 is 0 Å². The Morgan fingerprint density at radius 2 is 0.926 bits per heavy atom. The molecule has 5 heterocycles. The predicted molar refractivity (Wildman–Crippen MR) is 222 cm³/mol. The molecule has 0 fully saturated rings. The van der Waals surface area contributed by atoms with Crippen molar-refractivity contribution >= 4 is 45.2 Å². The van der Waals surface area contributed by atoms with E-state index in [1.165, 1.54) is 33.4 Å². The Morgan fingerprint density at radius 1 is 0.537 bits per heavy atom. The van der Waals surface area contributed by atoms with Crippen molar-refractivity contribution in [2.24, 2.45) is 0 Å². The summed E-state index contributed by atoms with van der Waals surface area (Å²) in [5.41, 5.74) is 18.1. The SMILES string of the molecule is CCOC(=O)CCc1c2nc(c(CCC(=O)OCC)c3[nH]c(cc4nc(cc5[nH]c1c(CC)c5CC)C(CC)C4CC)c(CC)c3CC)C(CC)=C2CC. The van der Waals surface area contributed by atoms with Gasteiger partial charge in [-0.3, -0.25) is 14.6 Å². The second-order valence-corrected chi connectivity index (χ2v) is 14.5. The average molecular weight is 737 g/mol. The van der Waals surface area contributed by atoms with Gasteiger partial charge in [0.15, 0.2) is 0 Å². The van der Waals surface area contributed by atoms with Gasteiger partial charge in [0.2, 0.25) is 0 Å². The van der Waals surface area contributed by atoms with Crippen LogP contribution in [0.2, 0.25) is 0 Å². The molecular formula is C46H64N4O4. The van der Waals surface area contributed by atoms with Crippen LogP contribution in [0, 0.1) is 0 Å². The maximum Gasteiger partial charge on any atom is 0.306 e. The minimum atomic E-state index is -0.207. The van der Waals surface area contributed by atoms with Crippen LogP contribution in [-0.4, -0.2) is 45.1 Å². The summed E-state index contributed by atoms with van der Waals surface area (Å²) in [6.07, 6.45) is 8.52. The van der Waals surface area contributed by atoms with Crippen molar-refractivity contribution in [3.05, 3.63) is 68.3 Å². The van der Waals surface area contributed by atoms with Crippen LogP contribution in [0.3, 0.4) is 0 Å². The molecule has 0 aliphatic carbocycles. The molecule has 0 radical (unpaired) electrons. The van der Waals surface area contributed by atoms with Gasteiger partial charge in [-0.25, -0.2) is 4.98 Å². The first-order valence-corrected chi connectivity index (χ1v) is 21.0. The van der Waals surface area contributed by atoms with Crippen LogP contribution in [0.15, 0.2) is 12.1 Å². The number of allylic oxidation sites excluding steroid dienone is 2. The van der Waals surface area contributed by atoms with Crippen LogP contribution in [0.5, 0.6) is 0 Å². The molecule has 0 saturated heterocycles. The normalized spacial score (nSPS) is 15.6. The first-order valence-electron chi connectivity index (χ1n) is 21.0. The van der Waals surface area contributed by atoms with E-state index in [1.54, 1.807) is 0 Å². The number of nitrogens with zero attached hydrogens (tertiary/aromatic N) is 2. The highest BCUT2D eigenvalue weighted by atomic mass is 16.5. The quantitative estimate of drug-likeness (QED) is 0.142. The summed E-state index contributed by atoms with van der Waals surface area (Å²) in [6, 6.07) is 4.63. The number of ether oxygens (including phenoxy) is 2. The van der Waals surface area contributed by atoms with E-state index >= 15 is 0 Å². The van der Waals surface area contributed by atoms with Crippen LogP contribution in [-0.2, 0) is 57.6 Å². The molecule has 292 valence electrons. The van der Waals surface area contributed by atoms with Crippen LogP contribution < -0.4 is 0 Å². The summed E-state index contributed by atoms with van der Waals surface area (Å²) in [6.45, 7) is 22.3. The van der Waals surface area contributed by atoms with Crippen molar-refractivity contribution in [1.82, 2.24) is 19.9 Å². The van der Waals surface area contributed by atoms with Crippen molar-refractivity contribution in [1.29, 1.82) is 0 Å². The molecule has 0 spiro atoms. The van der Waals surface area contributed by atoms with Crippen molar-refractivity contribution in [3.8, 4) is 0 Å². The fourth-order valence-corrected chi connectivity index (χ4v) is 9.27. The Labute approximate surface area is 323 Å². The molecule has 5 rings (SSSR count). The van der Waals surface area contributed by atoms with Gasteiger partial charge in [-0.15, -0.1) is 0 Å². The highest BCUT2D eigenvalue weighted by molar-refractivity contribution is 5.97. The molecular weight excluding hydrogens is 673 g/mol. The van der Waals surface area contributed by atoms with Crippen molar-refractivity contribution in [2.75, 3.05) is 13.2 Å². The molecule has 2 unspecified atom stereocenters. The fourth-order valence-electron chi connectivity index (χ4n) is 9.27. The van der Waals surface area contributed by atoms with Gasteiger partial charge in [0, 0.05) is 69.3 Å². The Hall–Kier alpha value is -4.20. The number of esters is 2. The monoisotopic (exact) mass is 736 g/mol.